The maximum atomic E-state index is 12.4. The lowest BCUT2D eigenvalue weighted by Gasteiger charge is -2.32. The van der Waals surface area contributed by atoms with Crippen molar-refractivity contribution >= 4 is 15.9 Å². The number of carbonyl (C=O) groups is 1. The van der Waals surface area contributed by atoms with Crippen molar-refractivity contribution in [2.24, 2.45) is 0 Å². The van der Waals surface area contributed by atoms with Gasteiger partial charge in [-0.15, -0.1) is 0 Å². The Balaban J connectivity index is 1.67. The van der Waals surface area contributed by atoms with Gasteiger partial charge in [0.05, 0.1) is 42.7 Å². The minimum Gasteiger partial charge on any atom is -0.350 e. The standard InChI is InChI=1S/C17H23N5O3S/c1-2-9-26(24,25)21-12-15-6-8-20-22(15)16(13-21)10-17(23)19-11-14-5-3-4-7-18-14/h3-8,16H,2,9-13H2,1H3,(H,19,23)/t16-/m1/s1. The van der Waals surface area contributed by atoms with Gasteiger partial charge in [-0.1, -0.05) is 13.0 Å². The largest absolute Gasteiger partial charge is 0.350 e. The van der Waals surface area contributed by atoms with E-state index in [2.05, 4.69) is 15.4 Å². The topological polar surface area (TPSA) is 97.2 Å². The van der Waals surface area contributed by atoms with Gasteiger partial charge in [0.2, 0.25) is 15.9 Å². The van der Waals surface area contributed by atoms with E-state index in [9.17, 15) is 13.2 Å². The van der Waals surface area contributed by atoms with Gasteiger partial charge in [0.1, 0.15) is 0 Å². The van der Waals surface area contributed by atoms with Gasteiger partial charge >= 0.3 is 0 Å². The van der Waals surface area contributed by atoms with Crippen molar-refractivity contribution in [1.82, 2.24) is 24.4 Å². The number of hydrogen-bond donors (Lipinski definition) is 1. The Kier molecular flexibility index (Phi) is 5.67. The van der Waals surface area contributed by atoms with Crippen molar-refractivity contribution < 1.29 is 13.2 Å². The summed E-state index contributed by atoms with van der Waals surface area (Å²) in [6.07, 6.45) is 4.05. The highest BCUT2D eigenvalue weighted by atomic mass is 32.2. The molecular formula is C17H23N5O3S. The Morgan fingerprint density at radius 1 is 1.31 bits per heavy atom. The number of carbonyl (C=O) groups excluding carboxylic acids is 1. The van der Waals surface area contributed by atoms with E-state index in [1.54, 1.807) is 23.1 Å². The van der Waals surface area contributed by atoms with E-state index < -0.39 is 10.0 Å². The van der Waals surface area contributed by atoms with Crippen molar-refractivity contribution in [1.29, 1.82) is 0 Å². The van der Waals surface area contributed by atoms with Crippen LogP contribution < -0.4 is 5.32 Å². The first-order valence-electron chi connectivity index (χ1n) is 8.66. The third-order valence-corrected chi connectivity index (χ3v) is 6.31. The molecular weight excluding hydrogens is 354 g/mol. The molecule has 140 valence electrons. The number of rotatable bonds is 7. The summed E-state index contributed by atoms with van der Waals surface area (Å²) in [7, 11) is -3.33. The molecule has 0 unspecified atom stereocenters. The summed E-state index contributed by atoms with van der Waals surface area (Å²) in [6, 6.07) is 7.00. The number of pyridine rings is 1. The van der Waals surface area contributed by atoms with Crippen LogP contribution in [0.5, 0.6) is 0 Å². The fraction of sp³-hybridized carbons (Fsp3) is 0.471. The first kappa shape index (κ1) is 18.5. The minimum atomic E-state index is -3.33. The molecule has 0 radical (unpaired) electrons. The van der Waals surface area contributed by atoms with Crippen LogP contribution in [0.25, 0.3) is 0 Å². The molecule has 0 aliphatic carbocycles. The van der Waals surface area contributed by atoms with Gasteiger partial charge in [-0.25, -0.2) is 8.42 Å². The molecule has 3 rings (SSSR count). The molecule has 0 aromatic carbocycles. The van der Waals surface area contributed by atoms with E-state index in [0.717, 1.165) is 11.4 Å². The number of fused-ring (bicyclic) bond motifs is 1. The van der Waals surface area contributed by atoms with Crippen LogP contribution in [0.2, 0.25) is 0 Å². The van der Waals surface area contributed by atoms with Crippen molar-refractivity contribution in [3.63, 3.8) is 0 Å². The van der Waals surface area contributed by atoms with E-state index in [1.807, 2.05) is 25.1 Å². The van der Waals surface area contributed by atoms with Crippen molar-refractivity contribution in [3.8, 4) is 0 Å². The zero-order chi connectivity index (χ0) is 18.6. The lowest BCUT2D eigenvalue weighted by atomic mass is 10.1. The Morgan fingerprint density at radius 3 is 2.88 bits per heavy atom. The molecule has 9 heteroatoms. The van der Waals surface area contributed by atoms with Crippen molar-refractivity contribution in [2.75, 3.05) is 12.3 Å². The van der Waals surface area contributed by atoms with Crippen molar-refractivity contribution in [2.45, 2.75) is 38.9 Å². The fourth-order valence-electron chi connectivity index (χ4n) is 3.08. The molecule has 2 aromatic heterocycles. The Hall–Kier alpha value is -2.26. The second-order valence-electron chi connectivity index (χ2n) is 6.33. The molecule has 3 heterocycles. The monoisotopic (exact) mass is 377 g/mol. The average molecular weight is 377 g/mol. The summed E-state index contributed by atoms with van der Waals surface area (Å²) in [5, 5.41) is 7.11. The molecule has 26 heavy (non-hydrogen) atoms. The molecule has 0 saturated heterocycles. The molecule has 0 spiro atoms. The number of nitrogens with zero attached hydrogens (tertiary/aromatic N) is 4. The molecule has 1 amide bonds. The SMILES string of the molecule is CCCS(=O)(=O)N1Cc2ccnn2[C@H](CC(=O)NCc2ccccn2)C1. The van der Waals surface area contributed by atoms with Crippen LogP contribution >= 0.6 is 0 Å². The molecule has 1 aliphatic heterocycles. The molecule has 0 bridgehead atoms. The quantitative estimate of drug-likeness (QED) is 0.779. The van der Waals surface area contributed by atoms with Crippen LogP contribution in [0.15, 0.2) is 36.7 Å². The maximum absolute atomic E-state index is 12.4. The minimum absolute atomic E-state index is 0.111. The Bertz CT molecular complexity index is 850. The number of amides is 1. The third-order valence-electron chi connectivity index (χ3n) is 4.32. The zero-order valence-corrected chi connectivity index (χ0v) is 15.5. The summed E-state index contributed by atoms with van der Waals surface area (Å²) in [6.45, 7) is 2.74. The number of aromatic nitrogens is 3. The van der Waals surface area contributed by atoms with Crippen LogP contribution in [0.4, 0.5) is 0 Å². The van der Waals surface area contributed by atoms with E-state index in [4.69, 9.17) is 0 Å². The highest BCUT2D eigenvalue weighted by Gasteiger charge is 2.33. The molecule has 1 aliphatic rings. The summed E-state index contributed by atoms with van der Waals surface area (Å²) < 4.78 is 28.1. The fourth-order valence-corrected chi connectivity index (χ4v) is 4.58. The van der Waals surface area contributed by atoms with Gasteiger partial charge < -0.3 is 5.32 Å². The van der Waals surface area contributed by atoms with Crippen LogP contribution in [0.3, 0.4) is 0 Å². The summed E-state index contributed by atoms with van der Waals surface area (Å²) in [5.74, 6) is -0.0449. The Morgan fingerprint density at radius 2 is 2.15 bits per heavy atom. The van der Waals surface area contributed by atoms with Gasteiger partial charge in [-0.3, -0.25) is 14.5 Å². The predicted molar refractivity (Wildman–Crippen MR) is 96.5 cm³/mol. The van der Waals surface area contributed by atoms with Gasteiger partial charge in [0.15, 0.2) is 0 Å². The van der Waals surface area contributed by atoms with Crippen molar-refractivity contribution in [3.05, 3.63) is 48.0 Å². The lowest BCUT2D eigenvalue weighted by Crippen LogP contribution is -2.43. The number of hydrogen-bond acceptors (Lipinski definition) is 5. The molecule has 0 fully saturated rings. The smallest absolute Gasteiger partial charge is 0.222 e. The van der Waals surface area contributed by atoms with Gasteiger partial charge in [0, 0.05) is 18.9 Å². The summed E-state index contributed by atoms with van der Waals surface area (Å²) in [4.78, 5) is 16.5. The highest BCUT2D eigenvalue weighted by molar-refractivity contribution is 7.89. The van der Waals surface area contributed by atoms with Crippen LogP contribution in [-0.2, 0) is 27.9 Å². The first-order valence-corrected chi connectivity index (χ1v) is 10.3. The highest BCUT2D eigenvalue weighted by Crippen LogP contribution is 2.25. The van der Waals surface area contributed by atoms with Gasteiger partial charge in [-0.2, -0.15) is 9.40 Å². The van der Waals surface area contributed by atoms with Gasteiger partial charge in [-0.05, 0) is 24.6 Å². The normalized spacial score (nSPS) is 17.7. The van der Waals surface area contributed by atoms with E-state index in [1.165, 1.54) is 4.31 Å². The van der Waals surface area contributed by atoms with E-state index >= 15 is 0 Å². The zero-order valence-electron chi connectivity index (χ0n) is 14.7. The third kappa shape index (κ3) is 4.28. The molecule has 1 N–H and O–H groups in total. The maximum Gasteiger partial charge on any atom is 0.222 e. The predicted octanol–water partition coefficient (Wildman–Crippen LogP) is 1.08. The summed E-state index contributed by atoms with van der Waals surface area (Å²) in [5.41, 5.74) is 1.58. The second-order valence-corrected chi connectivity index (χ2v) is 8.42. The Labute approximate surface area is 153 Å². The first-order chi connectivity index (χ1) is 12.5. The van der Waals surface area contributed by atoms with E-state index in [0.29, 0.717) is 19.5 Å². The molecule has 0 saturated carbocycles. The van der Waals surface area contributed by atoms with Gasteiger partial charge in [0.25, 0.3) is 0 Å². The second kappa shape index (κ2) is 7.96. The molecule has 1 atom stereocenters. The summed E-state index contributed by atoms with van der Waals surface area (Å²) >= 11 is 0. The number of nitrogens with one attached hydrogen (secondary N) is 1. The molecule has 8 nitrogen and oxygen atoms in total. The van der Waals surface area contributed by atoms with Crippen LogP contribution in [0.1, 0.15) is 37.2 Å². The average Bonchev–Trinajstić information content (AvgIpc) is 3.10. The number of sulfonamides is 1. The van der Waals surface area contributed by atoms with Crippen LogP contribution in [-0.4, -0.2) is 45.7 Å². The van der Waals surface area contributed by atoms with Crippen LogP contribution in [0, 0.1) is 0 Å². The molecule has 2 aromatic rings. The lowest BCUT2D eigenvalue weighted by molar-refractivity contribution is -0.122. The van der Waals surface area contributed by atoms with E-state index in [-0.39, 0.29) is 30.7 Å².